The second-order valence-electron chi connectivity index (χ2n) is 5.42. The Hall–Kier alpha value is -2.24. The second-order valence-corrected chi connectivity index (χ2v) is 5.42. The lowest BCUT2D eigenvalue weighted by Crippen LogP contribution is -2.49. The molecule has 0 atom stereocenters. The number of amides is 3. The second kappa shape index (κ2) is 7.52. The lowest BCUT2D eigenvalue weighted by molar-refractivity contribution is -0.122. The summed E-state index contributed by atoms with van der Waals surface area (Å²) >= 11 is 0. The largest absolute Gasteiger partial charge is 0.490 e. The monoisotopic (exact) mass is 294 g/mol. The average Bonchev–Trinajstić information content (AvgIpc) is 2.35. The Bertz CT molecular complexity index is 495. The number of carbonyl (C=O) groups is 2. The zero-order valence-corrected chi connectivity index (χ0v) is 12.9. The topological polar surface area (TPSA) is 76.7 Å². The number of carbonyl (C=O) groups excluding carboxylic acids is 2. The molecule has 0 saturated carbocycles. The van der Waals surface area contributed by atoms with Crippen LogP contribution in [0.2, 0.25) is 0 Å². The van der Waals surface area contributed by atoms with E-state index in [2.05, 4.69) is 10.6 Å². The molecule has 0 fully saturated rings. The van der Waals surface area contributed by atoms with Gasteiger partial charge in [-0.1, -0.05) is 12.1 Å². The van der Waals surface area contributed by atoms with Crippen LogP contribution in [-0.4, -0.2) is 30.7 Å². The Balaban J connectivity index is 2.48. The van der Waals surface area contributed by atoms with Gasteiger partial charge in [0.05, 0.1) is 6.61 Å². The van der Waals surface area contributed by atoms with Crippen LogP contribution in [0, 0.1) is 0 Å². The maximum Gasteiger partial charge on any atom is 0.321 e. The van der Waals surface area contributed by atoms with Gasteiger partial charge in [-0.2, -0.15) is 0 Å². The smallest absolute Gasteiger partial charge is 0.321 e. The first-order valence-electron chi connectivity index (χ1n) is 6.78. The summed E-state index contributed by atoms with van der Waals surface area (Å²) in [6, 6.07) is 6.50. The van der Waals surface area contributed by atoms with Gasteiger partial charge in [0, 0.05) is 5.54 Å². The van der Waals surface area contributed by atoms with Gasteiger partial charge in [0.2, 0.25) is 0 Å². The van der Waals surface area contributed by atoms with Gasteiger partial charge in [-0.3, -0.25) is 10.1 Å². The Kier molecular flexibility index (Phi) is 6.02. The SMILES string of the molecule is CCOc1ccccc1OCC(=O)NC(=O)NC(C)(C)C. The van der Waals surface area contributed by atoms with Crippen molar-refractivity contribution in [3.63, 3.8) is 0 Å². The molecule has 1 aromatic rings. The van der Waals surface area contributed by atoms with Gasteiger partial charge >= 0.3 is 6.03 Å². The van der Waals surface area contributed by atoms with Crippen molar-refractivity contribution >= 4 is 11.9 Å². The fourth-order valence-corrected chi connectivity index (χ4v) is 1.52. The van der Waals surface area contributed by atoms with Crippen molar-refractivity contribution in [3.8, 4) is 11.5 Å². The van der Waals surface area contributed by atoms with E-state index in [9.17, 15) is 9.59 Å². The summed E-state index contributed by atoms with van der Waals surface area (Å²) in [5, 5.41) is 4.83. The van der Waals surface area contributed by atoms with Gasteiger partial charge in [-0.15, -0.1) is 0 Å². The number of nitrogens with one attached hydrogen (secondary N) is 2. The minimum Gasteiger partial charge on any atom is -0.490 e. The van der Waals surface area contributed by atoms with E-state index in [0.29, 0.717) is 18.1 Å². The van der Waals surface area contributed by atoms with Crippen LogP contribution in [0.1, 0.15) is 27.7 Å². The fourth-order valence-electron chi connectivity index (χ4n) is 1.52. The van der Waals surface area contributed by atoms with Gasteiger partial charge in [0.25, 0.3) is 5.91 Å². The van der Waals surface area contributed by atoms with E-state index in [1.165, 1.54) is 0 Å². The molecule has 2 N–H and O–H groups in total. The van der Waals surface area contributed by atoms with Crippen LogP contribution in [0.3, 0.4) is 0 Å². The van der Waals surface area contributed by atoms with Crippen molar-refractivity contribution in [2.75, 3.05) is 13.2 Å². The molecule has 1 aromatic carbocycles. The molecule has 6 heteroatoms. The Labute approximate surface area is 124 Å². The van der Waals surface area contributed by atoms with Crippen molar-refractivity contribution in [3.05, 3.63) is 24.3 Å². The zero-order valence-electron chi connectivity index (χ0n) is 12.9. The van der Waals surface area contributed by atoms with Gasteiger partial charge < -0.3 is 14.8 Å². The summed E-state index contributed by atoms with van der Waals surface area (Å²) in [6.45, 7) is 7.58. The van der Waals surface area contributed by atoms with Gasteiger partial charge in [-0.25, -0.2) is 4.79 Å². The maximum absolute atomic E-state index is 11.6. The van der Waals surface area contributed by atoms with E-state index < -0.39 is 17.5 Å². The van der Waals surface area contributed by atoms with Crippen LogP contribution in [-0.2, 0) is 4.79 Å². The summed E-state index contributed by atoms with van der Waals surface area (Å²) in [4.78, 5) is 23.2. The normalized spacial score (nSPS) is 10.7. The molecular weight excluding hydrogens is 272 g/mol. The molecule has 21 heavy (non-hydrogen) atoms. The summed E-state index contributed by atoms with van der Waals surface area (Å²) < 4.78 is 10.7. The zero-order chi connectivity index (χ0) is 15.9. The van der Waals surface area contributed by atoms with E-state index in [4.69, 9.17) is 9.47 Å². The van der Waals surface area contributed by atoms with E-state index in [-0.39, 0.29) is 6.61 Å². The highest BCUT2D eigenvalue weighted by Crippen LogP contribution is 2.26. The molecule has 1 rings (SSSR count). The number of ether oxygens (including phenoxy) is 2. The first-order chi connectivity index (χ1) is 9.81. The van der Waals surface area contributed by atoms with Crippen LogP contribution < -0.4 is 20.1 Å². The first-order valence-corrected chi connectivity index (χ1v) is 6.78. The number of rotatable bonds is 5. The van der Waals surface area contributed by atoms with Crippen molar-refractivity contribution in [1.29, 1.82) is 0 Å². The predicted molar refractivity (Wildman–Crippen MR) is 79.5 cm³/mol. The predicted octanol–water partition coefficient (Wildman–Crippen LogP) is 2.09. The molecule has 3 amide bonds. The highest BCUT2D eigenvalue weighted by atomic mass is 16.5. The molecule has 0 bridgehead atoms. The highest BCUT2D eigenvalue weighted by molar-refractivity contribution is 5.95. The van der Waals surface area contributed by atoms with E-state index in [1.54, 1.807) is 18.2 Å². The number of hydrogen-bond acceptors (Lipinski definition) is 4. The number of urea groups is 1. The molecule has 6 nitrogen and oxygen atoms in total. The van der Waals surface area contributed by atoms with E-state index in [1.807, 2.05) is 33.8 Å². The van der Waals surface area contributed by atoms with Crippen LogP contribution in [0.25, 0.3) is 0 Å². The molecule has 0 unspecified atom stereocenters. The van der Waals surface area contributed by atoms with Gasteiger partial charge in [0.15, 0.2) is 18.1 Å². The number of imide groups is 1. The van der Waals surface area contributed by atoms with Gasteiger partial charge in [0.1, 0.15) is 0 Å². The Morgan fingerprint density at radius 3 is 2.19 bits per heavy atom. The summed E-state index contributed by atoms with van der Waals surface area (Å²) in [5.41, 5.74) is -0.410. The minimum atomic E-state index is -0.547. The molecule has 0 spiro atoms. The Morgan fingerprint density at radius 2 is 1.67 bits per heavy atom. The van der Waals surface area contributed by atoms with E-state index >= 15 is 0 Å². The third-order valence-electron chi connectivity index (χ3n) is 2.25. The number of para-hydroxylation sites is 2. The van der Waals surface area contributed by atoms with Crippen molar-refractivity contribution in [2.45, 2.75) is 33.2 Å². The lowest BCUT2D eigenvalue weighted by Gasteiger charge is -2.20. The number of benzene rings is 1. The molecule has 0 saturated heterocycles. The third kappa shape index (κ3) is 6.65. The average molecular weight is 294 g/mol. The van der Waals surface area contributed by atoms with Gasteiger partial charge in [-0.05, 0) is 39.8 Å². The first kappa shape index (κ1) is 16.8. The molecule has 0 aliphatic rings. The highest BCUT2D eigenvalue weighted by Gasteiger charge is 2.16. The molecule has 0 radical (unpaired) electrons. The Morgan fingerprint density at radius 1 is 1.10 bits per heavy atom. The quantitative estimate of drug-likeness (QED) is 0.871. The van der Waals surface area contributed by atoms with Crippen LogP contribution >= 0.6 is 0 Å². The summed E-state index contributed by atoms with van der Waals surface area (Å²) in [5.74, 6) is 0.501. The molecule has 0 heterocycles. The van der Waals surface area contributed by atoms with Crippen LogP contribution in [0.4, 0.5) is 4.79 Å². The molecular formula is C15H22N2O4. The molecule has 116 valence electrons. The van der Waals surface area contributed by atoms with Crippen molar-refractivity contribution in [2.24, 2.45) is 0 Å². The third-order valence-corrected chi connectivity index (χ3v) is 2.25. The van der Waals surface area contributed by atoms with Crippen LogP contribution in [0.5, 0.6) is 11.5 Å². The molecule has 0 aliphatic heterocycles. The lowest BCUT2D eigenvalue weighted by atomic mass is 10.1. The van der Waals surface area contributed by atoms with E-state index in [0.717, 1.165) is 0 Å². The van der Waals surface area contributed by atoms with Crippen LogP contribution in [0.15, 0.2) is 24.3 Å². The fraction of sp³-hybridized carbons (Fsp3) is 0.467. The maximum atomic E-state index is 11.6. The summed E-state index contributed by atoms with van der Waals surface area (Å²) in [7, 11) is 0. The standard InChI is InChI=1S/C15H22N2O4/c1-5-20-11-8-6-7-9-12(11)21-10-13(18)16-14(19)17-15(2,3)4/h6-9H,5,10H2,1-4H3,(H2,16,17,18,19). The molecule has 0 aromatic heterocycles. The molecule has 0 aliphatic carbocycles. The van der Waals surface area contributed by atoms with Crippen molar-refractivity contribution in [1.82, 2.24) is 10.6 Å². The number of hydrogen-bond donors (Lipinski definition) is 2. The minimum absolute atomic E-state index is 0.262. The van der Waals surface area contributed by atoms with Crippen molar-refractivity contribution < 1.29 is 19.1 Å². The summed E-state index contributed by atoms with van der Waals surface area (Å²) in [6.07, 6.45) is 0.